The summed E-state index contributed by atoms with van der Waals surface area (Å²) in [6, 6.07) is 9.85. The first-order valence-electron chi connectivity index (χ1n) is 5.96. The molecule has 0 radical (unpaired) electrons. The molecule has 3 rings (SSSR count). The zero-order chi connectivity index (χ0) is 13.6. The van der Waals surface area contributed by atoms with Crippen molar-refractivity contribution in [1.82, 2.24) is 0 Å². The molecule has 0 bridgehead atoms. The van der Waals surface area contributed by atoms with Gasteiger partial charge in [0.2, 0.25) is 0 Å². The Kier molecular flexibility index (Phi) is 2.73. The largest absolute Gasteiger partial charge is 0.458 e. The predicted molar refractivity (Wildman–Crippen MR) is 73.9 cm³/mol. The lowest BCUT2D eigenvalue weighted by Crippen LogP contribution is -2.20. The zero-order valence-electron chi connectivity index (χ0n) is 10.6. The van der Waals surface area contributed by atoms with Gasteiger partial charge in [0.25, 0.3) is 0 Å². The van der Waals surface area contributed by atoms with Gasteiger partial charge in [0.05, 0.1) is 0 Å². The lowest BCUT2D eigenvalue weighted by molar-refractivity contribution is 0.0824. The molecule has 0 saturated carbocycles. The second kappa shape index (κ2) is 4.18. The number of furan rings is 1. The van der Waals surface area contributed by atoms with Gasteiger partial charge in [-0.3, -0.25) is 0 Å². The molecule has 1 N–H and O–H groups in total. The Hall–Kier alpha value is -1.65. The molecule has 0 fully saturated rings. The topological polar surface area (TPSA) is 33.4 Å². The Morgan fingerprint density at radius 3 is 2.68 bits per heavy atom. The van der Waals surface area contributed by atoms with E-state index in [4.69, 9.17) is 4.42 Å². The van der Waals surface area contributed by atoms with Gasteiger partial charge < -0.3 is 9.52 Å². The van der Waals surface area contributed by atoms with Crippen LogP contribution in [0.15, 0.2) is 40.8 Å². The summed E-state index contributed by atoms with van der Waals surface area (Å²) in [5.41, 5.74) is -0.626. The number of hydrogen-bond donors (Lipinski definition) is 1. The number of halogens is 1. The minimum atomic E-state index is -1.20. The number of fused-ring (bicyclic) bond motifs is 1. The van der Waals surface area contributed by atoms with Gasteiger partial charge >= 0.3 is 0 Å². The van der Waals surface area contributed by atoms with E-state index in [-0.39, 0.29) is 5.82 Å². The molecule has 19 heavy (non-hydrogen) atoms. The highest BCUT2D eigenvalue weighted by Gasteiger charge is 2.31. The third-order valence-electron chi connectivity index (χ3n) is 3.18. The highest BCUT2D eigenvalue weighted by Crippen LogP contribution is 2.36. The van der Waals surface area contributed by atoms with Gasteiger partial charge in [0.15, 0.2) is 5.60 Å². The Balaban J connectivity index is 2.12. The first-order valence-corrected chi connectivity index (χ1v) is 6.77. The second-order valence-corrected chi connectivity index (χ2v) is 6.06. The van der Waals surface area contributed by atoms with Crippen molar-refractivity contribution in [3.63, 3.8) is 0 Å². The van der Waals surface area contributed by atoms with Crippen molar-refractivity contribution >= 4 is 22.3 Å². The third kappa shape index (κ3) is 2.07. The molecule has 2 nitrogen and oxygen atoms in total. The summed E-state index contributed by atoms with van der Waals surface area (Å²) >= 11 is 1.52. The molecule has 0 aliphatic carbocycles. The number of thiophene rings is 1. The molecular weight excluding hydrogens is 263 g/mol. The maximum atomic E-state index is 13.2. The predicted octanol–water partition coefficient (Wildman–Crippen LogP) is 4.20. The molecular formula is C15H13FO2S. The smallest absolute Gasteiger partial charge is 0.153 e. The van der Waals surface area contributed by atoms with Crippen molar-refractivity contribution in [2.24, 2.45) is 0 Å². The van der Waals surface area contributed by atoms with Crippen LogP contribution in [0.2, 0.25) is 0 Å². The first-order chi connectivity index (χ1) is 8.96. The van der Waals surface area contributed by atoms with E-state index in [0.717, 1.165) is 9.75 Å². The number of hydrogen-bond acceptors (Lipinski definition) is 3. The van der Waals surface area contributed by atoms with E-state index in [9.17, 15) is 9.50 Å². The fourth-order valence-corrected chi connectivity index (χ4v) is 2.99. The van der Waals surface area contributed by atoms with Gasteiger partial charge in [-0.1, -0.05) is 0 Å². The summed E-state index contributed by atoms with van der Waals surface area (Å²) in [7, 11) is 0. The Labute approximate surface area is 114 Å². The molecule has 3 aromatic rings. The average Bonchev–Trinajstić information content (AvgIpc) is 2.95. The molecule has 2 heterocycles. The molecule has 0 aliphatic heterocycles. The molecule has 0 saturated heterocycles. The van der Waals surface area contributed by atoms with Crippen LogP contribution >= 0.6 is 11.3 Å². The van der Waals surface area contributed by atoms with Gasteiger partial charge in [-0.15, -0.1) is 11.3 Å². The van der Waals surface area contributed by atoms with Crippen molar-refractivity contribution in [3.8, 4) is 0 Å². The summed E-state index contributed by atoms with van der Waals surface area (Å²) in [6.07, 6.45) is 0. The Morgan fingerprint density at radius 2 is 2.00 bits per heavy atom. The summed E-state index contributed by atoms with van der Waals surface area (Å²) in [6.45, 7) is 3.67. The molecule has 1 aromatic carbocycles. The van der Waals surface area contributed by atoms with Gasteiger partial charge in [-0.05, 0) is 50.2 Å². The molecule has 98 valence electrons. The van der Waals surface area contributed by atoms with Crippen LogP contribution in [0.1, 0.15) is 22.4 Å². The van der Waals surface area contributed by atoms with Crippen LogP contribution in [-0.4, -0.2) is 5.11 Å². The SMILES string of the molecule is Cc1ccc(C(C)(O)c2cc3cc(F)ccc3o2)s1. The van der Waals surface area contributed by atoms with Crippen molar-refractivity contribution in [1.29, 1.82) is 0 Å². The molecule has 2 aromatic heterocycles. The fourth-order valence-electron chi connectivity index (χ4n) is 2.07. The molecule has 1 atom stereocenters. The highest BCUT2D eigenvalue weighted by atomic mass is 32.1. The van der Waals surface area contributed by atoms with Crippen LogP contribution < -0.4 is 0 Å². The first kappa shape index (κ1) is 12.4. The van der Waals surface area contributed by atoms with Gasteiger partial charge in [0, 0.05) is 15.1 Å². The lowest BCUT2D eigenvalue weighted by Gasteiger charge is -2.18. The molecule has 0 aliphatic rings. The monoisotopic (exact) mass is 276 g/mol. The molecule has 0 amide bonds. The zero-order valence-corrected chi connectivity index (χ0v) is 11.4. The highest BCUT2D eigenvalue weighted by molar-refractivity contribution is 7.12. The van der Waals surface area contributed by atoms with E-state index >= 15 is 0 Å². The number of aliphatic hydroxyl groups is 1. The summed E-state index contributed by atoms with van der Waals surface area (Å²) in [4.78, 5) is 1.93. The van der Waals surface area contributed by atoms with E-state index in [1.165, 1.54) is 23.5 Å². The van der Waals surface area contributed by atoms with E-state index in [2.05, 4.69) is 0 Å². The minimum absolute atomic E-state index is 0.313. The van der Waals surface area contributed by atoms with Gasteiger partial charge in [0.1, 0.15) is 17.2 Å². The third-order valence-corrected chi connectivity index (χ3v) is 4.39. The van der Waals surface area contributed by atoms with Gasteiger partial charge in [-0.2, -0.15) is 0 Å². The van der Waals surface area contributed by atoms with Crippen LogP contribution in [0.5, 0.6) is 0 Å². The summed E-state index contributed by atoms with van der Waals surface area (Å²) in [5, 5.41) is 11.3. The van der Waals surface area contributed by atoms with E-state index < -0.39 is 5.60 Å². The van der Waals surface area contributed by atoms with Gasteiger partial charge in [-0.25, -0.2) is 4.39 Å². The molecule has 1 unspecified atom stereocenters. The van der Waals surface area contributed by atoms with Crippen molar-refractivity contribution in [2.45, 2.75) is 19.4 Å². The second-order valence-electron chi connectivity index (χ2n) is 4.78. The maximum Gasteiger partial charge on any atom is 0.153 e. The number of aryl methyl sites for hydroxylation is 1. The van der Waals surface area contributed by atoms with Crippen LogP contribution in [0.3, 0.4) is 0 Å². The quantitative estimate of drug-likeness (QED) is 0.761. The average molecular weight is 276 g/mol. The van der Waals surface area contributed by atoms with Crippen LogP contribution in [0.25, 0.3) is 11.0 Å². The van der Waals surface area contributed by atoms with Crippen LogP contribution in [0.4, 0.5) is 4.39 Å². The standard InChI is InChI=1S/C15H13FO2S/c1-9-3-6-14(19-9)15(2,17)13-8-10-7-11(16)4-5-12(10)18-13/h3-8,17H,1-2H3. The van der Waals surface area contributed by atoms with Crippen molar-refractivity contribution in [3.05, 3.63) is 57.7 Å². The van der Waals surface area contributed by atoms with E-state index in [1.807, 2.05) is 19.1 Å². The van der Waals surface area contributed by atoms with Crippen LogP contribution in [0, 0.1) is 12.7 Å². The summed E-state index contributed by atoms with van der Waals surface area (Å²) < 4.78 is 18.8. The molecule has 4 heteroatoms. The normalized spacial score (nSPS) is 14.7. The Morgan fingerprint density at radius 1 is 1.21 bits per heavy atom. The van der Waals surface area contributed by atoms with Crippen LogP contribution in [-0.2, 0) is 5.60 Å². The molecule has 0 spiro atoms. The number of rotatable bonds is 2. The lowest BCUT2D eigenvalue weighted by atomic mass is 10.0. The minimum Gasteiger partial charge on any atom is -0.458 e. The van der Waals surface area contributed by atoms with Crippen molar-refractivity contribution in [2.75, 3.05) is 0 Å². The van der Waals surface area contributed by atoms with E-state index in [1.54, 1.807) is 19.1 Å². The van der Waals surface area contributed by atoms with Crippen molar-refractivity contribution < 1.29 is 13.9 Å². The maximum absolute atomic E-state index is 13.2. The van der Waals surface area contributed by atoms with E-state index in [0.29, 0.717) is 16.7 Å². The Bertz CT molecular complexity index is 740. The summed E-state index contributed by atoms with van der Waals surface area (Å²) in [5.74, 6) is 0.112. The number of benzene rings is 1. The fraction of sp³-hybridized carbons (Fsp3) is 0.200.